The van der Waals surface area contributed by atoms with E-state index >= 15 is 0 Å². The Morgan fingerprint density at radius 1 is 0.418 bits per heavy atom. The molecule has 3 heterocycles. The van der Waals surface area contributed by atoms with Crippen molar-refractivity contribution in [2.24, 2.45) is 0 Å². The highest BCUT2D eigenvalue weighted by molar-refractivity contribution is 7.26. The number of thiophene rings is 1. The third kappa shape index (κ3) is 5.38. The van der Waals surface area contributed by atoms with Gasteiger partial charge in [0.1, 0.15) is 39.2 Å². The molecule has 0 aliphatic heterocycles. The lowest BCUT2D eigenvalue weighted by Gasteiger charge is -2.20. The number of rotatable bonds is 5. The Balaban J connectivity index is 1.14. The van der Waals surface area contributed by atoms with Gasteiger partial charge in [0.25, 0.3) is 0 Å². The fraction of sp³-hybridized carbons (Fsp3) is 0. The predicted octanol–water partition coefficient (Wildman–Crippen LogP) is 3.30. The van der Waals surface area contributed by atoms with E-state index in [0.717, 1.165) is 16.7 Å². The van der Waals surface area contributed by atoms with Gasteiger partial charge < -0.3 is 4.57 Å². The summed E-state index contributed by atoms with van der Waals surface area (Å²) in [5.74, 6) is 2.07. The molecule has 10 rings (SSSR count). The summed E-state index contributed by atoms with van der Waals surface area (Å²) in [5, 5.41) is 5.02. The molecule has 254 valence electrons. The van der Waals surface area contributed by atoms with Gasteiger partial charge in [-0.05, 0) is 53.6 Å². The predicted molar refractivity (Wildman–Crippen MR) is 250 cm³/mol. The minimum atomic E-state index is 0.679. The second-order valence-corrected chi connectivity index (χ2v) is 15.7. The number of aromatic nitrogens is 4. The summed E-state index contributed by atoms with van der Waals surface area (Å²) in [4.78, 5) is 15.4. The zero-order valence-corrected chi connectivity index (χ0v) is 32.3. The van der Waals surface area contributed by atoms with E-state index in [9.17, 15) is 0 Å². The molecule has 0 spiro atoms. The molecular weight excluding hydrogens is 683 g/mol. The first-order valence-corrected chi connectivity index (χ1v) is 19.6. The molecule has 7 aromatic carbocycles. The van der Waals surface area contributed by atoms with Gasteiger partial charge in [-0.25, -0.2) is 15.0 Å². The Hall–Kier alpha value is -6.11. The van der Waals surface area contributed by atoms with Crippen molar-refractivity contribution in [3.63, 3.8) is 0 Å². The van der Waals surface area contributed by atoms with Crippen molar-refractivity contribution < 1.29 is 0 Å². The van der Waals surface area contributed by atoms with Crippen LogP contribution in [-0.2, 0) is 0 Å². The Morgan fingerprint density at radius 3 is 1.80 bits per heavy atom. The maximum Gasteiger partial charge on any atom is 0.164 e. The van der Waals surface area contributed by atoms with Crippen LogP contribution < -0.4 is 27.3 Å². The zero-order valence-electron chi connectivity index (χ0n) is 31.5. The van der Waals surface area contributed by atoms with Crippen LogP contribution in [0.5, 0.6) is 0 Å². The largest absolute Gasteiger partial charge is 0.309 e. The minimum Gasteiger partial charge on any atom is -0.309 e. The Bertz CT molecular complexity index is 3130. The van der Waals surface area contributed by atoms with Crippen LogP contribution in [0, 0.1) is 0 Å². The number of hydrogen-bond acceptors (Lipinski definition) is 4. The standard InChI is InChI=1S/C45H33B5N4S/c46-38-37(39(47)41(49)42(50)40(38)48)45-52-43(24-10-3-1-4-11-24)51-44(53-45)26-18-20-30-35(23-26)55-34-17-9-15-28(36(30)34)25-19-21-33-31(22-25)29-14-7-8-16-32(29)54(33)27-12-5-2-6-13-27/h1-23H,46-50H2. The van der Waals surface area contributed by atoms with Gasteiger partial charge in [0, 0.05) is 53.3 Å². The lowest BCUT2D eigenvalue weighted by molar-refractivity contribution is 1.08. The molecule has 0 bridgehead atoms. The highest BCUT2D eigenvalue weighted by Crippen LogP contribution is 2.43. The van der Waals surface area contributed by atoms with Crippen LogP contribution in [0.25, 0.3) is 93.0 Å². The fourth-order valence-electron chi connectivity index (χ4n) is 8.37. The third-order valence-corrected chi connectivity index (χ3v) is 12.8. The highest BCUT2D eigenvalue weighted by atomic mass is 32.1. The molecule has 0 N–H and O–H groups in total. The van der Waals surface area contributed by atoms with Crippen molar-refractivity contribution in [2.75, 3.05) is 0 Å². The quantitative estimate of drug-likeness (QED) is 0.257. The molecule has 55 heavy (non-hydrogen) atoms. The molecule has 10 heteroatoms. The second-order valence-electron chi connectivity index (χ2n) is 14.6. The molecule has 0 saturated carbocycles. The van der Waals surface area contributed by atoms with E-state index in [-0.39, 0.29) is 0 Å². The smallest absolute Gasteiger partial charge is 0.164 e. The van der Waals surface area contributed by atoms with Crippen molar-refractivity contribution in [1.29, 1.82) is 0 Å². The van der Waals surface area contributed by atoms with E-state index < -0.39 is 0 Å². The molecule has 0 amide bonds. The Kier molecular flexibility index (Phi) is 7.93. The van der Waals surface area contributed by atoms with Crippen LogP contribution in [0.1, 0.15) is 0 Å². The van der Waals surface area contributed by atoms with Crippen molar-refractivity contribution in [1.82, 2.24) is 19.5 Å². The van der Waals surface area contributed by atoms with Crippen LogP contribution in [0.3, 0.4) is 0 Å². The highest BCUT2D eigenvalue weighted by Gasteiger charge is 2.20. The lowest BCUT2D eigenvalue weighted by Crippen LogP contribution is -2.55. The zero-order chi connectivity index (χ0) is 37.4. The molecule has 0 radical (unpaired) electrons. The first-order chi connectivity index (χ1) is 26.9. The summed E-state index contributed by atoms with van der Waals surface area (Å²) in [6.07, 6.45) is 0. The summed E-state index contributed by atoms with van der Waals surface area (Å²) < 4.78 is 4.84. The average molecular weight is 716 g/mol. The van der Waals surface area contributed by atoms with Gasteiger partial charge in [-0.1, -0.05) is 108 Å². The summed E-state index contributed by atoms with van der Waals surface area (Å²) in [5.41, 5.74) is 15.4. The molecule has 4 nitrogen and oxygen atoms in total. The van der Waals surface area contributed by atoms with Crippen molar-refractivity contribution in [3.05, 3.63) is 140 Å². The Labute approximate surface area is 328 Å². The number of benzene rings is 7. The number of para-hydroxylation sites is 2. The second kappa shape index (κ2) is 13.0. The summed E-state index contributed by atoms with van der Waals surface area (Å²) in [7, 11) is 11.0. The number of fused-ring (bicyclic) bond motifs is 6. The van der Waals surface area contributed by atoms with E-state index in [2.05, 4.69) is 165 Å². The van der Waals surface area contributed by atoms with Gasteiger partial charge in [-0.15, -0.1) is 27.7 Å². The van der Waals surface area contributed by atoms with Gasteiger partial charge in [-0.3, -0.25) is 0 Å². The monoisotopic (exact) mass is 716 g/mol. The molecule has 10 aromatic rings. The van der Waals surface area contributed by atoms with Gasteiger partial charge >= 0.3 is 0 Å². The number of hydrogen-bond donors (Lipinski definition) is 0. The van der Waals surface area contributed by atoms with Gasteiger partial charge in [0.05, 0.1) is 11.0 Å². The van der Waals surface area contributed by atoms with Crippen molar-refractivity contribution in [2.45, 2.75) is 0 Å². The number of nitrogens with zero attached hydrogens (tertiary/aromatic N) is 4. The normalized spacial score (nSPS) is 11.6. The van der Waals surface area contributed by atoms with E-state index in [4.69, 9.17) is 15.0 Å². The molecule has 0 aliphatic rings. The summed E-state index contributed by atoms with van der Waals surface area (Å²) >= 11 is 1.82. The lowest BCUT2D eigenvalue weighted by atomic mass is 9.60. The van der Waals surface area contributed by atoms with E-state index in [0.29, 0.717) is 17.5 Å². The Morgan fingerprint density at radius 2 is 1.04 bits per heavy atom. The molecular formula is C45H33B5N4S. The average Bonchev–Trinajstić information content (AvgIpc) is 3.78. The molecule has 0 unspecified atom stereocenters. The van der Waals surface area contributed by atoms with E-state index in [1.807, 2.05) is 29.5 Å². The third-order valence-electron chi connectivity index (χ3n) is 11.6. The maximum atomic E-state index is 5.22. The van der Waals surface area contributed by atoms with E-state index in [1.165, 1.54) is 86.1 Å². The molecule has 0 saturated heterocycles. The molecule has 0 aliphatic carbocycles. The molecule has 3 aromatic heterocycles. The van der Waals surface area contributed by atoms with Crippen LogP contribution in [-0.4, -0.2) is 58.8 Å². The maximum absolute atomic E-state index is 5.22. The fourth-order valence-corrected chi connectivity index (χ4v) is 9.54. The van der Waals surface area contributed by atoms with Crippen LogP contribution >= 0.6 is 11.3 Å². The topological polar surface area (TPSA) is 43.6 Å². The summed E-state index contributed by atoms with van der Waals surface area (Å²) in [6, 6.07) is 49.9. The minimum absolute atomic E-state index is 0.679. The molecule has 0 atom stereocenters. The van der Waals surface area contributed by atoms with Crippen molar-refractivity contribution >= 4 is 120 Å². The summed E-state index contributed by atoms with van der Waals surface area (Å²) in [6.45, 7) is 0. The molecule has 0 fully saturated rings. The van der Waals surface area contributed by atoms with Gasteiger partial charge in [0.2, 0.25) is 0 Å². The van der Waals surface area contributed by atoms with Gasteiger partial charge in [-0.2, -0.15) is 0 Å². The SMILES string of the molecule is Bc1c(B)c(B)c(-c2nc(-c3ccccc3)nc(-c3ccc4c(c3)sc3cccc(-c5ccc6c(c5)c5ccccc5n6-c5ccccc5)c34)n2)c(B)c1B. The van der Waals surface area contributed by atoms with Gasteiger partial charge in [0.15, 0.2) is 17.5 Å². The first-order valence-electron chi connectivity index (χ1n) is 18.8. The van der Waals surface area contributed by atoms with E-state index in [1.54, 1.807) is 0 Å². The van der Waals surface area contributed by atoms with Crippen molar-refractivity contribution in [3.8, 4) is 51.0 Å². The van der Waals surface area contributed by atoms with Crippen LogP contribution in [0.4, 0.5) is 0 Å². The van der Waals surface area contributed by atoms with Crippen LogP contribution in [0.15, 0.2) is 140 Å². The van der Waals surface area contributed by atoms with Crippen LogP contribution in [0.2, 0.25) is 0 Å². The first kappa shape index (κ1) is 33.5.